The lowest BCUT2D eigenvalue weighted by Crippen LogP contribution is -2.40. The summed E-state index contributed by atoms with van der Waals surface area (Å²) < 4.78 is 0. The van der Waals surface area contributed by atoms with E-state index in [9.17, 15) is 0 Å². The molecule has 2 atom stereocenters. The first kappa shape index (κ1) is 12.2. The summed E-state index contributed by atoms with van der Waals surface area (Å²) in [5.41, 5.74) is 6.34. The molecule has 2 heterocycles. The fourth-order valence-electron chi connectivity index (χ4n) is 2.57. The third kappa shape index (κ3) is 2.72. The quantitative estimate of drug-likeness (QED) is 0.808. The van der Waals surface area contributed by atoms with Crippen molar-refractivity contribution in [1.82, 2.24) is 9.97 Å². The highest BCUT2D eigenvalue weighted by Gasteiger charge is 2.25. The topological polar surface area (TPSA) is 55.0 Å². The maximum absolute atomic E-state index is 5.69. The van der Waals surface area contributed by atoms with Crippen molar-refractivity contribution in [2.45, 2.75) is 20.3 Å². The van der Waals surface area contributed by atoms with Gasteiger partial charge in [-0.3, -0.25) is 0 Å². The molecule has 1 aromatic heterocycles. The molecule has 1 aliphatic heterocycles. The van der Waals surface area contributed by atoms with Gasteiger partial charge in [-0.25, -0.2) is 9.97 Å². The number of nitrogens with zero attached hydrogens (tertiary/aromatic N) is 3. The van der Waals surface area contributed by atoms with Crippen molar-refractivity contribution in [3.63, 3.8) is 0 Å². The van der Waals surface area contributed by atoms with Crippen molar-refractivity contribution >= 4 is 23.0 Å². The van der Waals surface area contributed by atoms with Gasteiger partial charge in [-0.1, -0.05) is 26.1 Å². The van der Waals surface area contributed by atoms with Gasteiger partial charge in [-0.15, -0.1) is 0 Å². The minimum Gasteiger partial charge on any atom is -0.388 e. The van der Waals surface area contributed by atoms with E-state index in [4.69, 9.17) is 18.0 Å². The second kappa shape index (κ2) is 4.96. The molecule has 1 fully saturated rings. The summed E-state index contributed by atoms with van der Waals surface area (Å²) in [5.74, 6) is 2.17. The highest BCUT2D eigenvalue weighted by molar-refractivity contribution is 7.80. The van der Waals surface area contributed by atoms with Crippen LogP contribution in [0.4, 0.5) is 5.82 Å². The summed E-state index contributed by atoms with van der Waals surface area (Å²) in [6, 6.07) is 0. The van der Waals surface area contributed by atoms with Crippen LogP contribution in [0, 0.1) is 11.8 Å². The van der Waals surface area contributed by atoms with E-state index in [1.807, 2.05) is 0 Å². The van der Waals surface area contributed by atoms with Crippen LogP contribution in [0.2, 0.25) is 0 Å². The monoisotopic (exact) mass is 250 g/mol. The van der Waals surface area contributed by atoms with Gasteiger partial charge in [-0.05, 0) is 18.3 Å². The molecule has 2 unspecified atom stereocenters. The van der Waals surface area contributed by atoms with Crippen molar-refractivity contribution in [3.8, 4) is 0 Å². The summed E-state index contributed by atoms with van der Waals surface area (Å²) in [4.78, 5) is 11.2. The number of thiocarbonyl (C=S) groups is 1. The van der Waals surface area contributed by atoms with Crippen molar-refractivity contribution < 1.29 is 0 Å². The predicted molar refractivity (Wildman–Crippen MR) is 73.1 cm³/mol. The SMILES string of the molecule is CC1CC(C)CN(c2nccnc2C(N)=S)C1. The van der Waals surface area contributed by atoms with Gasteiger partial charge in [0.15, 0.2) is 5.82 Å². The predicted octanol–water partition coefficient (Wildman–Crippen LogP) is 1.59. The number of rotatable bonds is 2. The van der Waals surface area contributed by atoms with Crippen molar-refractivity contribution in [1.29, 1.82) is 0 Å². The Morgan fingerprint density at radius 2 is 1.88 bits per heavy atom. The molecule has 0 saturated carbocycles. The Morgan fingerprint density at radius 3 is 2.47 bits per heavy atom. The van der Waals surface area contributed by atoms with Gasteiger partial charge < -0.3 is 10.6 Å². The third-order valence-corrected chi connectivity index (χ3v) is 3.27. The van der Waals surface area contributed by atoms with Crippen molar-refractivity contribution in [2.75, 3.05) is 18.0 Å². The molecule has 1 aromatic rings. The molecule has 1 saturated heterocycles. The van der Waals surface area contributed by atoms with E-state index in [2.05, 4.69) is 28.7 Å². The number of aromatic nitrogens is 2. The second-order valence-electron chi connectivity index (χ2n) is 4.94. The lowest BCUT2D eigenvalue weighted by Gasteiger charge is -2.36. The second-order valence-corrected chi connectivity index (χ2v) is 5.38. The van der Waals surface area contributed by atoms with Gasteiger partial charge >= 0.3 is 0 Å². The third-order valence-electron chi connectivity index (χ3n) is 3.08. The smallest absolute Gasteiger partial charge is 0.157 e. The normalized spacial score (nSPS) is 24.7. The number of hydrogen-bond donors (Lipinski definition) is 1. The molecule has 92 valence electrons. The van der Waals surface area contributed by atoms with E-state index >= 15 is 0 Å². The van der Waals surface area contributed by atoms with E-state index < -0.39 is 0 Å². The molecular weight excluding hydrogens is 232 g/mol. The van der Waals surface area contributed by atoms with Crippen LogP contribution < -0.4 is 10.6 Å². The molecular formula is C12H18N4S. The molecule has 0 aliphatic carbocycles. The van der Waals surface area contributed by atoms with Gasteiger partial charge in [0.2, 0.25) is 0 Å². The molecule has 1 aliphatic rings. The summed E-state index contributed by atoms with van der Waals surface area (Å²) in [6.45, 7) is 6.52. The molecule has 4 nitrogen and oxygen atoms in total. The highest BCUT2D eigenvalue weighted by atomic mass is 32.1. The Labute approximate surface area is 107 Å². The largest absolute Gasteiger partial charge is 0.388 e. The average molecular weight is 250 g/mol. The van der Waals surface area contributed by atoms with Gasteiger partial charge in [-0.2, -0.15) is 0 Å². The molecule has 0 spiro atoms. The molecule has 0 bridgehead atoms. The number of hydrogen-bond acceptors (Lipinski definition) is 4. The van der Waals surface area contributed by atoms with E-state index in [-0.39, 0.29) is 0 Å². The highest BCUT2D eigenvalue weighted by Crippen LogP contribution is 2.26. The molecule has 2 rings (SSSR count). The summed E-state index contributed by atoms with van der Waals surface area (Å²) in [6.07, 6.45) is 4.59. The van der Waals surface area contributed by atoms with Gasteiger partial charge in [0.05, 0.1) is 0 Å². The summed E-state index contributed by atoms with van der Waals surface area (Å²) >= 11 is 5.03. The van der Waals surface area contributed by atoms with Crippen LogP contribution in [0.15, 0.2) is 12.4 Å². The van der Waals surface area contributed by atoms with Crippen molar-refractivity contribution in [2.24, 2.45) is 17.6 Å². The van der Waals surface area contributed by atoms with Gasteiger partial charge in [0.25, 0.3) is 0 Å². The fourth-order valence-corrected chi connectivity index (χ4v) is 2.72. The first-order valence-corrected chi connectivity index (χ1v) is 6.34. The minimum absolute atomic E-state index is 0.318. The Bertz CT molecular complexity index is 411. The van der Waals surface area contributed by atoms with Gasteiger partial charge in [0, 0.05) is 25.5 Å². The van der Waals surface area contributed by atoms with Crippen LogP contribution >= 0.6 is 12.2 Å². The van der Waals surface area contributed by atoms with Crippen LogP contribution in [-0.4, -0.2) is 28.0 Å². The molecule has 5 heteroatoms. The summed E-state index contributed by atoms with van der Waals surface area (Å²) in [5, 5.41) is 0. The minimum atomic E-state index is 0.318. The lowest BCUT2D eigenvalue weighted by molar-refractivity contribution is 0.355. The number of nitrogens with two attached hydrogens (primary N) is 1. The Morgan fingerprint density at radius 1 is 1.29 bits per heavy atom. The van der Waals surface area contributed by atoms with Crippen molar-refractivity contribution in [3.05, 3.63) is 18.1 Å². The summed E-state index contributed by atoms with van der Waals surface area (Å²) in [7, 11) is 0. The molecule has 0 radical (unpaired) electrons. The maximum atomic E-state index is 5.69. The first-order valence-electron chi connectivity index (χ1n) is 5.93. The van der Waals surface area contributed by atoms with E-state index in [1.54, 1.807) is 12.4 Å². The van der Waals surface area contributed by atoms with Crippen LogP contribution in [0.1, 0.15) is 26.0 Å². The zero-order valence-corrected chi connectivity index (χ0v) is 11.1. The lowest BCUT2D eigenvalue weighted by atomic mass is 9.92. The van der Waals surface area contributed by atoms with Crippen LogP contribution in [0.25, 0.3) is 0 Å². The van der Waals surface area contributed by atoms with Crippen LogP contribution in [0.3, 0.4) is 0 Å². The first-order chi connectivity index (χ1) is 8.08. The van der Waals surface area contributed by atoms with Gasteiger partial charge in [0.1, 0.15) is 10.7 Å². The zero-order chi connectivity index (χ0) is 12.4. The molecule has 0 aromatic carbocycles. The van der Waals surface area contributed by atoms with E-state index in [1.165, 1.54) is 6.42 Å². The fraction of sp³-hybridized carbons (Fsp3) is 0.583. The Kier molecular flexibility index (Phi) is 3.57. The number of anilines is 1. The standard InChI is InChI=1S/C12H18N4S/c1-8-5-9(2)7-16(6-8)12-10(11(13)17)14-3-4-15-12/h3-4,8-9H,5-7H2,1-2H3,(H2,13,17). The molecule has 0 amide bonds. The maximum Gasteiger partial charge on any atom is 0.157 e. The van der Waals surface area contributed by atoms with E-state index in [0.29, 0.717) is 22.5 Å². The Hall–Kier alpha value is -1.23. The van der Waals surface area contributed by atoms with Crippen LogP contribution in [0.5, 0.6) is 0 Å². The Balaban J connectivity index is 2.30. The number of piperidine rings is 1. The molecule has 2 N–H and O–H groups in total. The van der Waals surface area contributed by atoms with Crippen LogP contribution in [-0.2, 0) is 0 Å². The zero-order valence-electron chi connectivity index (χ0n) is 10.3. The average Bonchev–Trinajstić information content (AvgIpc) is 2.27. The van der Waals surface area contributed by atoms with E-state index in [0.717, 1.165) is 18.9 Å². The molecule has 17 heavy (non-hydrogen) atoms.